The molecule has 1 heterocycles. The third-order valence-electron chi connectivity index (χ3n) is 6.07. The lowest BCUT2D eigenvalue weighted by molar-refractivity contribution is -0.146. The molecule has 0 aromatic heterocycles. The van der Waals surface area contributed by atoms with E-state index < -0.39 is 21.6 Å². The average molecular weight is 437 g/mol. The molecule has 0 spiro atoms. The summed E-state index contributed by atoms with van der Waals surface area (Å²) in [6.45, 7) is 1.94. The van der Waals surface area contributed by atoms with Crippen LogP contribution in [0.2, 0.25) is 0 Å². The molecule has 5 nitrogen and oxygen atoms in total. The molecular weight excluding hydrogens is 412 g/mol. The molecule has 1 aliphatic rings. The van der Waals surface area contributed by atoms with Gasteiger partial charge in [-0.25, -0.2) is 0 Å². The van der Waals surface area contributed by atoms with Gasteiger partial charge in [-0.1, -0.05) is 85.8 Å². The molecule has 4 rings (SSSR count). The van der Waals surface area contributed by atoms with E-state index in [9.17, 15) is 17.8 Å². The number of ether oxygens (including phenoxy) is 1. The van der Waals surface area contributed by atoms with Crippen LogP contribution in [0.1, 0.15) is 30.0 Å². The normalized spacial score (nSPS) is 19.0. The van der Waals surface area contributed by atoms with Crippen LogP contribution in [-0.4, -0.2) is 25.0 Å². The van der Waals surface area contributed by atoms with Crippen molar-refractivity contribution in [3.05, 3.63) is 102 Å². The molecule has 1 saturated heterocycles. The highest BCUT2D eigenvalue weighted by molar-refractivity contribution is 7.85. The van der Waals surface area contributed by atoms with Gasteiger partial charge in [0.25, 0.3) is 10.1 Å². The van der Waals surface area contributed by atoms with Gasteiger partial charge in [0, 0.05) is 6.42 Å². The lowest BCUT2D eigenvalue weighted by atomic mass is 9.71. The minimum atomic E-state index is -4.33. The monoisotopic (exact) mass is 436 g/mol. The smallest absolute Gasteiger partial charge is 0.321 e. The maximum absolute atomic E-state index is 13.3. The molecule has 0 aliphatic carbocycles. The third kappa shape index (κ3) is 4.01. The van der Waals surface area contributed by atoms with Crippen LogP contribution in [0, 0.1) is 5.92 Å². The third-order valence-corrected chi connectivity index (χ3v) is 7.03. The van der Waals surface area contributed by atoms with Gasteiger partial charge in [0.1, 0.15) is 11.5 Å². The number of rotatable bonds is 6. The van der Waals surface area contributed by atoms with Crippen molar-refractivity contribution < 1.29 is 22.5 Å². The SMILES string of the molecule is CC(Cc1ccccc1S(=O)(=O)O)C1CC(c2ccccc2)(c2ccccc2)C(=O)O1. The van der Waals surface area contributed by atoms with Gasteiger partial charge in [-0.15, -0.1) is 0 Å². The lowest BCUT2D eigenvalue weighted by Crippen LogP contribution is -2.33. The number of benzene rings is 3. The molecule has 160 valence electrons. The number of carbonyl (C=O) groups excluding carboxylic acids is 1. The molecule has 6 heteroatoms. The summed E-state index contributed by atoms with van der Waals surface area (Å²) in [5.41, 5.74) is 1.34. The van der Waals surface area contributed by atoms with Gasteiger partial charge in [0.2, 0.25) is 0 Å². The van der Waals surface area contributed by atoms with Gasteiger partial charge in [0.15, 0.2) is 0 Å². The van der Waals surface area contributed by atoms with Crippen LogP contribution >= 0.6 is 0 Å². The van der Waals surface area contributed by atoms with Crippen molar-refractivity contribution in [2.75, 3.05) is 0 Å². The van der Waals surface area contributed by atoms with E-state index in [1.165, 1.54) is 6.07 Å². The minimum absolute atomic E-state index is 0.108. The highest BCUT2D eigenvalue weighted by atomic mass is 32.2. The predicted octanol–water partition coefficient (Wildman–Crippen LogP) is 4.41. The van der Waals surface area contributed by atoms with E-state index in [0.29, 0.717) is 18.4 Å². The Hall–Kier alpha value is -2.96. The topological polar surface area (TPSA) is 80.7 Å². The average Bonchev–Trinajstić information content (AvgIpc) is 3.13. The van der Waals surface area contributed by atoms with Gasteiger partial charge in [-0.05, 0) is 35.1 Å². The molecule has 1 aliphatic heterocycles. The Morgan fingerprint density at radius 2 is 1.45 bits per heavy atom. The highest BCUT2D eigenvalue weighted by Crippen LogP contribution is 2.45. The Labute approximate surface area is 182 Å². The second-order valence-corrected chi connectivity index (χ2v) is 9.44. The van der Waals surface area contributed by atoms with E-state index in [1.54, 1.807) is 18.2 Å². The Morgan fingerprint density at radius 1 is 0.935 bits per heavy atom. The van der Waals surface area contributed by atoms with E-state index in [0.717, 1.165) is 11.1 Å². The van der Waals surface area contributed by atoms with Crippen molar-refractivity contribution in [1.82, 2.24) is 0 Å². The first kappa shape index (κ1) is 21.3. The van der Waals surface area contributed by atoms with Gasteiger partial charge in [-0.2, -0.15) is 8.42 Å². The molecule has 2 atom stereocenters. The summed E-state index contributed by atoms with van der Waals surface area (Å²) in [6.07, 6.45) is 0.408. The van der Waals surface area contributed by atoms with Crippen LogP contribution < -0.4 is 0 Å². The minimum Gasteiger partial charge on any atom is -0.461 e. The fraction of sp³-hybridized carbons (Fsp3) is 0.240. The van der Waals surface area contributed by atoms with Crippen molar-refractivity contribution in [2.45, 2.75) is 36.2 Å². The van der Waals surface area contributed by atoms with Crippen molar-refractivity contribution in [2.24, 2.45) is 5.92 Å². The van der Waals surface area contributed by atoms with Crippen molar-refractivity contribution >= 4 is 16.1 Å². The summed E-state index contributed by atoms with van der Waals surface area (Å²) in [4.78, 5) is 13.2. The number of carbonyl (C=O) groups is 1. The zero-order chi connectivity index (χ0) is 22.1. The molecule has 0 bridgehead atoms. The van der Waals surface area contributed by atoms with Crippen LogP contribution in [-0.2, 0) is 31.5 Å². The van der Waals surface area contributed by atoms with Crippen LogP contribution in [0.5, 0.6) is 0 Å². The second-order valence-electron chi connectivity index (χ2n) is 8.05. The zero-order valence-corrected chi connectivity index (χ0v) is 18.0. The maximum Gasteiger partial charge on any atom is 0.321 e. The number of esters is 1. The van der Waals surface area contributed by atoms with Gasteiger partial charge in [-0.3, -0.25) is 9.35 Å². The molecule has 0 saturated carbocycles. The molecular formula is C25H24O5S. The maximum atomic E-state index is 13.3. The van der Waals surface area contributed by atoms with Gasteiger partial charge >= 0.3 is 5.97 Å². The van der Waals surface area contributed by atoms with E-state index in [-0.39, 0.29) is 16.8 Å². The van der Waals surface area contributed by atoms with Crippen molar-refractivity contribution in [1.29, 1.82) is 0 Å². The molecule has 0 radical (unpaired) electrons. The highest BCUT2D eigenvalue weighted by Gasteiger charge is 2.52. The summed E-state index contributed by atoms with van der Waals surface area (Å²) in [5.74, 6) is -0.453. The van der Waals surface area contributed by atoms with Crippen LogP contribution in [0.25, 0.3) is 0 Å². The molecule has 0 amide bonds. The molecule has 31 heavy (non-hydrogen) atoms. The summed E-state index contributed by atoms with van der Waals surface area (Å²) in [5, 5.41) is 0. The summed E-state index contributed by atoms with van der Waals surface area (Å²) >= 11 is 0. The summed E-state index contributed by atoms with van der Waals surface area (Å²) < 4.78 is 39.0. The summed E-state index contributed by atoms with van der Waals surface area (Å²) in [6, 6.07) is 25.6. The van der Waals surface area contributed by atoms with Crippen LogP contribution in [0.15, 0.2) is 89.8 Å². The van der Waals surface area contributed by atoms with E-state index in [1.807, 2.05) is 67.6 Å². The van der Waals surface area contributed by atoms with E-state index >= 15 is 0 Å². The fourth-order valence-corrected chi connectivity index (χ4v) is 5.20. The summed E-state index contributed by atoms with van der Waals surface area (Å²) in [7, 11) is -4.33. The number of cyclic esters (lactones) is 1. The fourth-order valence-electron chi connectivity index (χ4n) is 4.47. The first-order valence-corrected chi connectivity index (χ1v) is 11.6. The largest absolute Gasteiger partial charge is 0.461 e. The first-order chi connectivity index (χ1) is 14.8. The van der Waals surface area contributed by atoms with E-state index in [2.05, 4.69) is 0 Å². The quantitative estimate of drug-likeness (QED) is 0.457. The molecule has 3 aromatic rings. The molecule has 1 fully saturated rings. The second kappa shape index (κ2) is 8.29. The van der Waals surface area contributed by atoms with Crippen LogP contribution in [0.3, 0.4) is 0 Å². The Balaban J connectivity index is 1.68. The molecule has 3 aromatic carbocycles. The Kier molecular flexibility index (Phi) is 5.69. The Bertz CT molecular complexity index is 1130. The lowest BCUT2D eigenvalue weighted by Gasteiger charge is -2.26. The van der Waals surface area contributed by atoms with Crippen molar-refractivity contribution in [3.63, 3.8) is 0 Å². The van der Waals surface area contributed by atoms with Crippen molar-refractivity contribution in [3.8, 4) is 0 Å². The molecule has 1 N–H and O–H groups in total. The van der Waals surface area contributed by atoms with Crippen LogP contribution in [0.4, 0.5) is 0 Å². The number of hydrogen-bond acceptors (Lipinski definition) is 4. The predicted molar refractivity (Wildman–Crippen MR) is 117 cm³/mol. The number of hydrogen-bond donors (Lipinski definition) is 1. The zero-order valence-electron chi connectivity index (χ0n) is 17.1. The Morgan fingerprint density at radius 3 is 2.00 bits per heavy atom. The van der Waals surface area contributed by atoms with Gasteiger partial charge < -0.3 is 4.74 Å². The first-order valence-electron chi connectivity index (χ1n) is 10.2. The molecule has 2 unspecified atom stereocenters. The standard InChI is InChI=1S/C25H24O5S/c1-18(16-19-10-8-9-15-23(19)31(27,28)29)22-17-25(24(26)30-22,20-11-4-2-5-12-20)21-13-6-3-7-14-21/h2-15,18,22H,16-17H2,1H3,(H,27,28,29). The van der Waals surface area contributed by atoms with E-state index in [4.69, 9.17) is 4.74 Å². The van der Waals surface area contributed by atoms with Gasteiger partial charge in [0.05, 0.1) is 4.90 Å².